The van der Waals surface area contributed by atoms with Gasteiger partial charge in [-0.15, -0.1) is 11.3 Å². The van der Waals surface area contributed by atoms with Crippen LogP contribution in [0.1, 0.15) is 0 Å². The molecule has 0 unspecified atom stereocenters. The maximum absolute atomic E-state index is 4.37. The minimum atomic E-state index is 0.981. The average Bonchev–Trinajstić information content (AvgIpc) is 2.78. The number of benzene rings is 1. The van der Waals surface area contributed by atoms with Crippen LogP contribution in [0.4, 0.5) is 0 Å². The Morgan fingerprint density at radius 1 is 0.933 bits per heavy atom. The summed E-state index contributed by atoms with van der Waals surface area (Å²) in [5.74, 6) is 0. The van der Waals surface area contributed by atoms with E-state index in [1.54, 1.807) is 17.5 Å². The Balaban J connectivity index is 2.31. The van der Waals surface area contributed by atoms with Crippen molar-refractivity contribution in [1.29, 1.82) is 0 Å². The second-order valence-corrected chi connectivity index (χ2v) is 4.11. The van der Waals surface area contributed by atoms with E-state index in [0.717, 1.165) is 16.8 Å². The summed E-state index contributed by atoms with van der Waals surface area (Å²) in [4.78, 5) is 8.72. The van der Waals surface area contributed by atoms with E-state index in [4.69, 9.17) is 0 Å². The molecule has 1 aromatic carbocycles. The summed E-state index contributed by atoms with van der Waals surface area (Å²) in [6.07, 6.45) is 1.81. The first-order valence-corrected chi connectivity index (χ1v) is 5.57. The summed E-state index contributed by atoms with van der Waals surface area (Å²) < 4.78 is 1.21. The molecule has 0 aliphatic rings. The molecular weight excluding hydrogens is 204 g/mol. The van der Waals surface area contributed by atoms with Crippen molar-refractivity contribution in [1.82, 2.24) is 9.97 Å². The van der Waals surface area contributed by atoms with Crippen molar-refractivity contribution in [3.05, 3.63) is 48.1 Å². The Kier molecular flexibility index (Phi) is 1.96. The molecule has 0 N–H and O–H groups in total. The fourth-order valence-electron chi connectivity index (χ4n) is 1.62. The van der Waals surface area contributed by atoms with Gasteiger partial charge >= 0.3 is 0 Å². The van der Waals surface area contributed by atoms with Crippen molar-refractivity contribution in [2.45, 2.75) is 0 Å². The molecule has 0 saturated carbocycles. The van der Waals surface area contributed by atoms with Crippen LogP contribution in [-0.2, 0) is 0 Å². The van der Waals surface area contributed by atoms with Gasteiger partial charge in [0.05, 0.1) is 21.4 Å². The van der Waals surface area contributed by atoms with Gasteiger partial charge in [0, 0.05) is 11.8 Å². The van der Waals surface area contributed by atoms with Gasteiger partial charge in [-0.3, -0.25) is 4.98 Å². The predicted molar refractivity (Wildman–Crippen MR) is 62.9 cm³/mol. The number of nitrogens with zero attached hydrogens (tertiary/aromatic N) is 2. The van der Waals surface area contributed by atoms with Crippen LogP contribution in [0.2, 0.25) is 0 Å². The van der Waals surface area contributed by atoms with Crippen molar-refractivity contribution in [3.63, 3.8) is 0 Å². The lowest BCUT2D eigenvalue weighted by molar-refractivity contribution is 1.33. The molecule has 0 saturated heterocycles. The molecule has 0 bridgehead atoms. The van der Waals surface area contributed by atoms with Crippen LogP contribution >= 0.6 is 11.3 Å². The summed E-state index contributed by atoms with van der Waals surface area (Å²) in [7, 11) is 0. The summed E-state index contributed by atoms with van der Waals surface area (Å²) in [5, 5.41) is 0. The highest BCUT2D eigenvalue weighted by Crippen LogP contribution is 2.27. The van der Waals surface area contributed by atoms with E-state index in [-0.39, 0.29) is 0 Å². The van der Waals surface area contributed by atoms with Crippen molar-refractivity contribution >= 4 is 21.6 Å². The van der Waals surface area contributed by atoms with Crippen LogP contribution in [0.5, 0.6) is 0 Å². The molecule has 0 radical (unpaired) electrons. The maximum atomic E-state index is 4.37. The minimum Gasteiger partial charge on any atom is -0.256 e. The highest BCUT2D eigenvalue weighted by molar-refractivity contribution is 7.16. The normalized spacial score (nSPS) is 10.7. The largest absolute Gasteiger partial charge is 0.256 e. The molecule has 0 spiro atoms. The van der Waals surface area contributed by atoms with Crippen molar-refractivity contribution < 1.29 is 0 Å². The highest BCUT2D eigenvalue weighted by Gasteiger charge is 2.05. The third-order valence-corrected chi connectivity index (χ3v) is 3.10. The lowest BCUT2D eigenvalue weighted by Crippen LogP contribution is -1.82. The molecule has 0 atom stereocenters. The van der Waals surface area contributed by atoms with Gasteiger partial charge in [0.15, 0.2) is 0 Å². The Bertz CT molecular complexity index is 587. The quantitative estimate of drug-likeness (QED) is 0.618. The van der Waals surface area contributed by atoms with E-state index in [0.29, 0.717) is 0 Å². The number of pyridine rings is 1. The van der Waals surface area contributed by atoms with Crippen LogP contribution in [-0.4, -0.2) is 9.97 Å². The molecule has 0 aliphatic carbocycles. The fraction of sp³-hybridized carbons (Fsp3) is 0. The van der Waals surface area contributed by atoms with Crippen LogP contribution in [0.3, 0.4) is 0 Å². The SMILES string of the molecule is c1ccc(-c2cccc3scnc23)nc1. The smallest absolute Gasteiger partial charge is 0.0905 e. The lowest BCUT2D eigenvalue weighted by Gasteiger charge is -2.00. The van der Waals surface area contributed by atoms with Crippen LogP contribution in [0, 0.1) is 0 Å². The number of fused-ring (bicyclic) bond motifs is 1. The molecule has 3 heteroatoms. The zero-order chi connectivity index (χ0) is 10.1. The third-order valence-electron chi connectivity index (χ3n) is 2.30. The zero-order valence-corrected chi connectivity index (χ0v) is 8.74. The van der Waals surface area contributed by atoms with E-state index in [1.165, 1.54) is 4.70 Å². The van der Waals surface area contributed by atoms with Crippen molar-refractivity contribution in [2.24, 2.45) is 0 Å². The topological polar surface area (TPSA) is 25.8 Å². The van der Waals surface area contributed by atoms with Crippen LogP contribution in [0.15, 0.2) is 48.1 Å². The summed E-state index contributed by atoms with van der Waals surface area (Å²) >= 11 is 1.66. The van der Waals surface area contributed by atoms with Crippen LogP contribution < -0.4 is 0 Å². The first kappa shape index (κ1) is 8.56. The average molecular weight is 212 g/mol. The Labute approximate surface area is 91.2 Å². The summed E-state index contributed by atoms with van der Waals surface area (Å²) in [6, 6.07) is 12.1. The number of hydrogen-bond donors (Lipinski definition) is 0. The second-order valence-electron chi connectivity index (χ2n) is 3.22. The van der Waals surface area contributed by atoms with Crippen molar-refractivity contribution in [3.8, 4) is 11.3 Å². The van der Waals surface area contributed by atoms with E-state index in [1.807, 2.05) is 29.8 Å². The van der Waals surface area contributed by atoms with E-state index in [2.05, 4.69) is 22.1 Å². The third kappa shape index (κ3) is 1.41. The zero-order valence-electron chi connectivity index (χ0n) is 7.92. The molecule has 0 fully saturated rings. The number of rotatable bonds is 1. The summed E-state index contributed by atoms with van der Waals surface area (Å²) in [5.41, 5.74) is 5.00. The molecule has 0 amide bonds. The lowest BCUT2D eigenvalue weighted by atomic mass is 10.1. The first-order chi connectivity index (χ1) is 7.45. The van der Waals surface area contributed by atoms with E-state index in [9.17, 15) is 0 Å². The highest BCUT2D eigenvalue weighted by atomic mass is 32.1. The van der Waals surface area contributed by atoms with Gasteiger partial charge in [-0.25, -0.2) is 4.98 Å². The first-order valence-electron chi connectivity index (χ1n) is 4.69. The molecule has 72 valence electrons. The van der Waals surface area contributed by atoms with Gasteiger partial charge in [-0.1, -0.05) is 18.2 Å². The van der Waals surface area contributed by atoms with E-state index < -0.39 is 0 Å². The van der Waals surface area contributed by atoms with Crippen molar-refractivity contribution in [2.75, 3.05) is 0 Å². The molecule has 2 aromatic heterocycles. The number of thiazole rings is 1. The molecule has 3 rings (SSSR count). The Hall–Kier alpha value is -1.74. The van der Waals surface area contributed by atoms with Gasteiger partial charge in [-0.05, 0) is 18.2 Å². The molecule has 2 heterocycles. The Morgan fingerprint density at radius 3 is 2.80 bits per heavy atom. The second kappa shape index (κ2) is 3.44. The van der Waals surface area contributed by atoms with Crippen LogP contribution in [0.25, 0.3) is 21.5 Å². The molecule has 15 heavy (non-hydrogen) atoms. The fourth-order valence-corrected chi connectivity index (χ4v) is 2.32. The molecule has 3 aromatic rings. The van der Waals surface area contributed by atoms with E-state index >= 15 is 0 Å². The summed E-state index contributed by atoms with van der Waals surface area (Å²) in [6.45, 7) is 0. The van der Waals surface area contributed by atoms with Gasteiger partial charge in [0.2, 0.25) is 0 Å². The van der Waals surface area contributed by atoms with Gasteiger partial charge in [0.1, 0.15) is 0 Å². The monoisotopic (exact) mass is 212 g/mol. The number of aromatic nitrogens is 2. The van der Waals surface area contributed by atoms with Gasteiger partial charge < -0.3 is 0 Å². The number of hydrogen-bond acceptors (Lipinski definition) is 3. The minimum absolute atomic E-state index is 0.981. The molecule has 2 nitrogen and oxygen atoms in total. The molecule has 0 aliphatic heterocycles. The molecular formula is C12H8N2S. The number of para-hydroxylation sites is 1. The Morgan fingerprint density at radius 2 is 1.93 bits per heavy atom. The van der Waals surface area contributed by atoms with Gasteiger partial charge in [-0.2, -0.15) is 0 Å². The predicted octanol–water partition coefficient (Wildman–Crippen LogP) is 3.36. The van der Waals surface area contributed by atoms with Gasteiger partial charge in [0.25, 0.3) is 0 Å². The standard InChI is InChI=1S/C12H8N2S/c1-2-7-13-10(5-1)9-4-3-6-11-12(9)14-8-15-11/h1-8H. The maximum Gasteiger partial charge on any atom is 0.0905 e.